The van der Waals surface area contributed by atoms with Crippen LogP contribution in [0.15, 0.2) is 0 Å². The number of hydrogen-bond acceptors (Lipinski definition) is 2. The molecule has 5 nitrogen and oxygen atoms in total. The van der Waals surface area contributed by atoms with Crippen molar-refractivity contribution in [2.75, 3.05) is 13.1 Å². The van der Waals surface area contributed by atoms with Crippen molar-refractivity contribution in [2.24, 2.45) is 11.8 Å². The Balaban J connectivity index is 2.52. The highest BCUT2D eigenvalue weighted by atomic mass is 16.4. The largest absolute Gasteiger partial charge is 0.480 e. The van der Waals surface area contributed by atoms with Crippen molar-refractivity contribution in [1.29, 1.82) is 0 Å². The van der Waals surface area contributed by atoms with Gasteiger partial charge in [-0.1, -0.05) is 26.7 Å². The number of carboxylic acids is 1. The molecule has 2 amide bonds. The minimum atomic E-state index is -0.968. The molecule has 1 fully saturated rings. The van der Waals surface area contributed by atoms with Crippen LogP contribution in [0.5, 0.6) is 0 Å². The summed E-state index contributed by atoms with van der Waals surface area (Å²) in [7, 11) is 0. The van der Waals surface area contributed by atoms with Crippen molar-refractivity contribution in [3.63, 3.8) is 0 Å². The highest BCUT2D eigenvalue weighted by Gasteiger charge is 2.25. The van der Waals surface area contributed by atoms with E-state index in [-0.39, 0.29) is 24.5 Å². The Hall–Kier alpha value is -1.26. The Morgan fingerprint density at radius 2 is 1.84 bits per heavy atom. The van der Waals surface area contributed by atoms with Gasteiger partial charge in [0.2, 0.25) is 0 Å². The molecule has 0 saturated heterocycles. The fourth-order valence-electron chi connectivity index (χ4n) is 2.68. The van der Waals surface area contributed by atoms with E-state index in [4.69, 9.17) is 5.11 Å². The lowest BCUT2D eigenvalue weighted by molar-refractivity contribution is -0.137. The average Bonchev–Trinajstić information content (AvgIpc) is 2.79. The molecule has 0 aromatic rings. The molecule has 0 heterocycles. The number of nitrogens with zero attached hydrogens (tertiary/aromatic N) is 1. The minimum absolute atomic E-state index is 0.124. The average molecular weight is 270 g/mol. The van der Waals surface area contributed by atoms with E-state index < -0.39 is 5.97 Å². The Bertz CT molecular complexity index is 312. The predicted octanol–water partition coefficient (Wildman–Crippen LogP) is 2.32. The van der Waals surface area contributed by atoms with E-state index in [1.54, 1.807) is 0 Å². The number of nitrogens with one attached hydrogen (secondary N) is 1. The van der Waals surface area contributed by atoms with Gasteiger partial charge in [-0.2, -0.15) is 0 Å². The van der Waals surface area contributed by atoms with Crippen LogP contribution in [0, 0.1) is 11.8 Å². The molecule has 110 valence electrons. The van der Waals surface area contributed by atoms with Gasteiger partial charge in [-0.15, -0.1) is 0 Å². The molecule has 0 radical (unpaired) electrons. The lowest BCUT2D eigenvalue weighted by atomic mass is 10.00. The van der Waals surface area contributed by atoms with Crippen molar-refractivity contribution in [3.05, 3.63) is 0 Å². The van der Waals surface area contributed by atoms with E-state index in [0.717, 1.165) is 12.8 Å². The minimum Gasteiger partial charge on any atom is -0.480 e. The standard InChI is InChI=1S/C14H26N2O3/c1-10(2)8-16(9-13(17)18)14(19)15-11(3)12-6-4-5-7-12/h10-12H,4-9H2,1-3H3,(H,15,19)(H,17,18). The molecule has 19 heavy (non-hydrogen) atoms. The predicted molar refractivity (Wildman–Crippen MR) is 74.0 cm³/mol. The lowest BCUT2D eigenvalue weighted by Crippen LogP contribution is -2.48. The molecule has 0 bridgehead atoms. The van der Waals surface area contributed by atoms with Crippen LogP contribution < -0.4 is 5.32 Å². The highest BCUT2D eigenvalue weighted by Crippen LogP contribution is 2.27. The maximum absolute atomic E-state index is 12.1. The first-order chi connectivity index (χ1) is 8.90. The number of hydrogen-bond donors (Lipinski definition) is 2. The van der Waals surface area contributed by atoms with E-state index in [1.165, 1.54) is 17.7 Å². The monoisotopic (exact) mass is 270 g/mol. The van der Waals surface area contributed by atoms with Crippen LogP contribution in [0.1, 0.15) is 46.5 Å². The van der Waals surface area contributed by atoms with E-state index in [0.29, 0.717) is 12.5 Å². The summed E-state index contributed by atoms with van der Waals surface area (Å²) in [6.07, 6.45) is 4.78. The van der Waals surface area contributed by atoms with Crippen LogP contribution in [-0.2, 0) is 4.79 Å². The van der Waals surface area contributed by atoms with Gasteiger partial charge >= 0.3 is 12.0 Å². The van der Waals surface area contributed by atoms with Gasteiger partial charge in [-0.3, -0.25) is 4.79 Å². The molecule has 0 spiro atoms. The summed E-state index contributed by atoms with van der Waals surface area (Å²) in [4.78, 5) is 24.3. The quantitative estimate of drug-likeness (QED) is 0.778. The van der Waals surface area contributed by atoms with E-state index in [2.05, 4.69) is 5.32 Å². The van der Waals surface area contributed by atoms with Crippen molar-refractivity contribution < 1.29 is 14.7 Å². The smallest absolute Gasteiger partial charge is 0.323 e. The summed E-state index contributed by atoms with van der Waals surface area (Å²) in [6.45, 7) is 6.20. The second kappa shape index (κ2) is 7.36. The summed E-state index contributed by atoms with van der Waals surface area (Å²) in [5.74, 6) is -0.175. The van der Waals surface area contributed by atoms with Gasteiger partial charge in [0.1, 0.15) is 6.54 Å². The van der Waals surface area contributed by atoms with Crippen molar-refractivity contribution in [3.8, 4) is 0 Å². The third-order valence-corrected chi connectivity index (χ3v) is 3.66. The Morgan fingerprint density at radius 3 is 2.32 bits per heavy atom. The fraction of sp³-hybridized carbons (Fsp3) is 0.857. The number of amides is 2. The second-order valence-corrected chi connectivity index (χ2v) is 5.95. The van der Waals surface area contributed by atoms with Crippen molar-refractivity contribution in [1.82, 2.24) is 10.2 Å². The zero-order chi connectivity index (χ0) is 14.4. The SMILES string of the molecule is CC(C)CN(CC(=O)O)C(=O)NC(C)C1CCCC1. The van der Waals surface area contributed by atoms with Crippen molar-refractivity contribution >= 4 is 12.0 Å². The molecule has 5 heteroatoms. The number of carboxylic acid groups (broad SMARTS) is 1. The molecule has 1 atom stereocenters. The number of urea groups is 1. The van der Waals surface area contributed by atoms with Crippen molar-refractivity contribution in [2.45, 2.75) is 52.5 Å². The summed E-state index contributed by atoms with van der Waals surface area (Å²) >= 11 is 0. The third kappa shape index (κ3) is 5.49. The van der Waals surface area contributed by atoms with Gasteiger partial charge in [0.25, 0.3) is 0 Å². The molecule has 1 aliphatic carbocycles. The van der Waals surface area contributed by atoms with Crippen LogP contribution in [0.3, 0.4) is 0 Å². The first-order valence-electron chi connectivity index (χ1n) is 7.17. The van der Waals surface area contributed by atoms with Gasteiger partial charge in [0.05, 0.1) is 0 Å². The zero-order valence-electron chi connectivity index (χ0n) is 12.2. The number of carbonyl (C=O) groups is 2. The summed E-state index contributed by atoms with van der Waals surface area (Å²) in [5, 5.41) is 11.8. The zero-order valence-corrected chi connectivity index (χ0v) is 12.2. The third-order valence-electron chi connectivity index (χ3n) is 3.66. The van der Waals surface area contributed by atoms with Gasteiger partial charge in [-0.05, 0) is 31.6 Å². The summed E-state index contributed by atoms with van der Waals surface area (Å²) in [6, 6.07) is -0.131. The number of rotatable bonds is 6. The molecule has 1 aliphatic rings. The molecular weight excluding hydrogens is 244 g/mol. The molecule has 2 N–H and O–H groups in total. The first-order valence-corrected chi connectivity index (χ1v) is 7.17. The molecule has 0 aliphatic heterocycles. The van der Waals surface area contributed by atoms with Gasteiger partial charge in [0.15, 0.2) is 0 Å². The molecule has 0 aromatic carbocycles. The number of carbonyl (C=O) groups excluding carboxylic acids is 1. The topological polar surface area (TPSA) is 69.6 Å². The lowest BCUT2D eigenvalue weighted by Gasteiger charge is -2.27. The molecule has 0 aromatic heterocycles. The second-order valence-electron chi connectivity index (χ2n) is 5.95. The molecule has 1 rings (SSSR count). The molecular formula is C14H26N2O3. The van der Waals surface area contributed by atoms with Gasteiger partial charge in [0, 0.05) is 12.6 Å². The van der Waals surface area contributed by atoms with Crippen LogP contribution in [0.2, 0.25) is 0 Å². The van der Waals surface area contributed by atoms with E-state index >= 15 is 0 Å². The Labute approximate surface area is 115 Å². The Kier molecular flexibility index (Phi) is 6.12. The van der Waals surface area contributed by atoms with E-state index in [9.17, 15) is 9.59 Å². The van der Waals surface area contributed by atoms with Crippen LogP contribution in [0.25, 0.3) is 0 Å². The fourth-order valence-corrected chi connectivity index (χ4v) is 2.68. The molecule has 1 saturated carbocycles. The summed E-state index contributed by atoms with van der Waals surface area (Å²) in [5.41, 5.74) is 0. The summed E-state index contributed by atoms with van der Waals surface area (Å²) < 4.78 is 0. The molecule has 1 unspecified atom stereocenters. The maximum atomic E-state index is 12.1. The highest BCUT2D eigenvalue weighted by molar-refractivity contribution is 5.80. The van der Waals surface area contributed by atoms with Gasteiger partial charge < -0.3 is 15.3 Å². The normalized spacial score (nSPS) is 17.5. The van der Waals surface area contributed by atoms with Crippen LogP contribution in [-0.4, -0.2) is 41.1 Å². The number of aliphatic carboxylic acids is 1. The van der Waals surface area contributed by atoms with Crippen LogP contribution >= 0.6 is 0 Å². The Morgan fingerprint density at radius 1 is 1.26 bits per heavy atom. The van der Waals surface area contributed by atoms with E-state index in [1.807, 2.05) is 20.8 Å². The van der Waals surface area contributed by atoms with Crippen LogP contribution in [0.4, 0.5) is 4.79 Å². The maximum Gasteiger partial charge on any atom is 0.323 e. The first kappa shape index (κ1) is 15.8. The van der Waals surface area contributed by atoms with Gasteiger partial charge in [-0.25, -0.2) is 4.79 Å².